The number of hydrogen-bond donors (Lipinski definition) is 2. The molecule has 1 saturated heterocycles. The first-order valence-corrected chi connectivity index (χ1v) is 8.90. The minimum atomic E-state index is -0.963. The summed E-state index contributed by atoms with van der Waals surface area (Å²) in [6, 6.07) is 7.72. The molecule has 0 aliphatic carbocycles. The average molecular weight is 386 g/mol. The van der Waals surface area contributed by atoms with E-state index in [1.807, 2.05) is 6.92 Å². The standard InChI is InChI=1S/C20H22N2O6/c1-12-5-6-13(8-16(12)21-19(25)17-4-3-7-28-17)20(26)22-11-15(27-2)9-14(22)10-18(23)24/h3-8,14-15H,9-11H2,1-2H3,(H,21,25)(H,23,24). The van der Waals surface area contributed by atoms with Crippen molar-refractivity contribution >= 4 is 23.5 Å². The fourth-order valence-electron chi connectivity index (χ4n) is 3.34. The summed E-state index contributed by atoms with van der Waals surface area (Å²) in [5.74, 6) is -1.50. The number of aliphatic carboxylic acids is 1. The Morgan fingerprint density at radius 1 is 1.32 bits per heavy atom. The molecular weight excluding hydrogens is 364 g/mol. The lowest BCUT2D eigenvalue weighted by molar-refractivity contribution is -0.138. The molecule has 2 aromatic rings. The van der Waals surface area contributed by atoms with Crippen LogP contribution in [0.15, 0.2) is 41.0 Å². The molecule has 2 atom stereocenters. The highest BCUT2D eigenvalue weighted by Crippen LogP contribution is 2.26. The Kier molecular flexibility index (Phi) is 5.79. The van der Waals surface area contributed by atoms with E-state index in [-0.39, 0.29) is 24.2 Å². The number of hydrogen-bond acceptors (Lipinski definition) is 5. The number of ether oxygens (including phenoxy) is 1. The Hall–Kier alpha value is -3.13. The number of amides is 2. The monoisotopic (exact) mass is 386 g/mol. The summed E-state index contributed by atoms with van der Waals surface area (Å²) in [6.07, 6.45) is 1.54. The number of nitrogens with one attached hydrogen (secondary N) is 1. The highest BCUT2D eigenvalue weighted by molar-refractivity contribution is 6.04. The molecule has 8 nitrogen and oxygen atoms in total. The number of carboxylic acids is 1. The molecule has 0 saturated carbocycles. The van der Waals surface area contributed by atoms with Gasteiger partial charge in [0, 0.05) is 30.9 Å². The normalized spacial score (nSPS) is 18.9. The summed E-state index contributed by atoms with van der Waals surface area (Å²) in [5, 5.41) is 11.9. The zero-order valence-corrected chi connectivity index (χ0v) is 15.7. The summed E-state index contributed by atoms with van der Waals surface area (Å²) in [5.41, 5.74) is 1.65. The number of nitrogens with zero attached hydrogens (tertiary/aromatic N) is 1. The van der Waals surface area contributed by atoms with Gasteiger partial charge in [-0.25, -0.2) is 0 Å². The Bertz CT molecular complexity index is 877. The largest absolute Gasteiger partial charge is 0.481 e. The molecule has 8 heteroatoms. The minimum Gasteiger partial charge on any atom is -0.481 e. The van der Waals surface area contributed by atoms with Crippen LogP contribution in [0, 0.1) is 6.92 Å². The third-order valence-electron chi connectivity index (χ3n) is 4.86. The molecule has 1 aliphatic heterocycles. The molecule has 0 bridgehead atoms. The summed E-state index contributed by atoms with van der Waals surface area (Å²) in [6.45, 7) is 2.14. The first kappa shape index (κ1) is 19.6. The summed E-state index contributed by atoms with van der Waals surface area (Å²) >= 11 is 0. The smallest absolute Gasteiger partial charge is 0.305 e. The Morgan fingerprint density at radius 2 is 2.11 bits per heavy atom. The second kappa shape index (κ2) is 8.26. The van der Waals surface area contributed by atoms with E-state index in [1.165, 1.54) is 11.2 Å². The fraction of sp³-hybridized carbons (Fsp3) is 0.350. The fourth-order valence-corrected chi connectivity index (χ4v) is 3.34. The lowest BCUT2D eigenvalue weighted by Crippen LogP contribution is -2.37. The third-order valence-corrected chi connectivity index (χ3v) is 4.86. The SMILES string of the molecule is COC1CC(CC(=O)O)N(C(=O)c2ccc(C)c(NC(=O)c3ccco3)c2)C1. The number of carbonyl (C=O) groups excluding carboxylic acids is 2. The molecular formula is C20H22N2O6. The van der Waals surface area contributed by atoms with Gasteiger partial charge in [-0.1, -0.05) is 6.07 Å². The van der Waals surface area contributed by atoms with Gasteiger partial charge >= 0.3 is 5.97 Å². The molecule has 1 aromatic carbocycles. The van der Waals surface area contributed by atoms with E-state index in [9.17, 15) is 14.4 Å². The molecule has 2 heterocycles. The van der Waals surface area contributed by atoms with E-state index in [0.29, 0.717) is 24.2 Å². The van der Waals surface area contributed by atoms with Gasteiger partial charge in [-0.05, 0) is 43.2 Å². The van der Waals surface area contributed by atoms with Crippen molar-refractivity contribution in [2.24, 2.45) is 0 Å². The zero-order valence-electron chi connectivity index (χ0n) is 15.7. The van der Waals surface area contributed by atoms with Crippen LogP contribution in [0.5, 0.6) is 0 Å². The van der Waals surface area contributed by atoms with E-state index < -0.39 is 17.9 Å². The topological polar surface area (TPSA) is 109 Å². The van der Waals surface area contributed by atoms with Crippen LogP contribution in [0.4, 0.5) is 5.69 Å². The first-order valence-electron chi connectivity index (χ1n) is 8.90. The minimum absolute atomic E-state index is 0.139. The van der Waals surface area contributed by atoms with Crippen LogP contribution in [0.1, 0.15) is 39.3 Å². The number of furan rings is 1. The summed E-state index contributed by atoms with van der Waals surface area (Å²) in [7, 11) is 1.55. The van der Waals surface area contributed by atoms with Crippen molar-refractivity contribution in [1.82, 2.24) is 4.90 Å². The molecule has 2 unspecified atom stereocenters. The predicted octanol–water partition coefficient (Wildman–Crippen LogP) is 2.54. The number of methoxy groups -OCH3 is 1. The average Bonchev–Trinajstić information content (AvgIpc) is 3.32. The molecule has 1 aromatic heterocycles. The molecule has 2 N–H and O–H groups in total. The number of carbonyl (C=O) groups is 3. The zero-order chi connectivity index (χ0) is 20.3. The van der Waals surface area contributed by atoms with Crippen LogP contribution in [-0.4, -0.2) is 53.6 Å². The van der Waals surface area contributed by atoms with E-state index in [2.05, 4.69) is 5.32 Å². The lowest BCUT2D eigenvalue weighted by atomic mass is 10.1. The molecule has 0 spiro atoms. The number of anilines is 1. The Labute approximate surface area is 162 Å². The van der Waals surface area contributed by atoms with Crippen molar-refractivity contribution in [1.29, 1.82) is 0 Å². The molecule has 28 heavy (non-hydrogen) atoms. The van der Waals surface area contributed by atoms with Crippen LogP contribution >= 0.6 is 0 Å². The molecule has 148 valence electrons. The Balaban J connectivity index is 1.81. The first-order chi connectivity index (χ1) is 13.4. The van der Waals surface area contributed by atoms with Crippen molar-refractivity contribution < 1.29 is 28.6 Å². The van der Waals surface area contributed by atoms with Gasteiger partial charge in [0.1, 0.15) is 0 Å². The van der Waals surface area contributed by atoms with E-state index in [0.717, 1.165) is 5.56 Å². The number of aryl methyl sites for hydroxylation is 1. The summed E-state index contributed by atoms with van der Waals surface area (Å²) < 4.78 is 10.4. The second-order valence-electron chi connectivity index (χ2n) is 6.76. The van der Waals surface area contributed by atoms with Gasteiger partial charge in [0.2, 0.25) is 0 Å². The van der Waals surface area contributed by atoms with Crippen molar-refractivity contribution in [3.8, 4) is 0 Å². The molecule has 2 amide bonds. The van der Waals surface area contributed by atoms with Gasteiger partial charge in [-0.3, -0.25) is 14.4 Å². The van der Waals surface area contributed by atoms with Crippen LogP contribution in [0.2, 0.25) is 0 Å². The number of likely N-dealkylation sites (tertiary alicyclic amines) is 1. The predicted molar refractivity (Wildman–Crippen MR) is 100 cm³/mol. The Morgan fingerprint density at radius 3 is 2.75 bits per heavy atom. The molecule has 1 fully saturated rings. The van der Waals surface area contributed by atoms with Crippen molar-refractivity contribution in [3.63, 3.8) is 0 Å². The van der Waals surface area contributed by atoms with Crippen molar-refractivity contribution in [2.75, 3.05) is 19.0 Å². The van der Waals surface area contributed by atoms with E-state index in [1.54, 1.807) is 37.4 Å². The molecule has 1 aliphatic rings. The lowest BCUT2D eigenvalue weighted by Gasteiger charge is -2.23. The molecule has 0 radical (unpaired) electrons. The number of carboxylic acid groups (broad SMARTS) is 1. The van der Waals surface area contributed by atoms with Crippen molar-refractivity contribution in [3.05, 3.63) is 53.5 Å². The van der Waals surface area contributed by atoms with E-state index >= 15 is 0 Å². The van der Waals surface area contributed by atoms with Crippen LogP contribution in [0.3, 0.4) is 0 Å². The van der Waals surface area contributed by atoms with Gasteiger partial charge in [0.05, 0.1) is 18.8 Å². The van der Waals surface area contributed by atoms with Crippen LogP contribution < -0.4 is 5.32 Å². The highest BCUT2D eigenvalue weighted by atomic mass is 16.5. The maximum atomic E-state index is 13.0. The summed E-state index contributed by atoms with van der Waals surface area (Å²) in [4.78, 5) is 37.9. The van der Waals surface area contributed by atoms with Gasteiger partial charge in [-0.2, -0.15) is 0 Å². The van der Waals surface area contributed by atoms with Crippen LogP contribution in [-0.2, 0) is 9.53 Å². The van der Waals surface area contributed by atoms with Gasteiger partial charge in [0.15, 0.2) is 5.76 Å². The third kappa shape index (κ3) is 4.23. The highest BCUT2D eigenvalue weighted by Gasteiger charge is 2.37. The van der Waals surface area contributed by atoms with Gasteiger partial charge in [0.25, 0.3) is 11.8 Å². The maximum absolute atomic E-state index is 13.0. The maximum Gasteiger partial charge on any atom is 0.305 e. The van der Waals surface area contributed by atoms with Crippen LogP contribution in [0.25, 0.3) is 0 Å². The van der Waals surface area contributed by atoms with Crippen molar-refractivity contribution in [2.45, 2.75) is 31.9 Å². The number of rotatable bonds is 6. The van der Waals surface area contributed by atoms with E-state index in [4.69, 9.17) is 14.3 Å². The molecule has 3 rings (SSSR count). The van der Waals surface area contributed by atoms with Gasteiger partial charge in [-0.15, -0.1) is 0 Å². The quantitative estimate of drug-likeness (QED) is 0.790. The second-order valence-corrected chi connectivity index (χ2v) is 6.76. The van der Waals surface area contributed by atoms with Gasteiger partial charge < -0.3 is 24.5 Å². The number of benzene rings is 1.